The Labute approximate surface area is 120 Å². The van der Waals surface area contributed by atoms with Crippen molar-refractivity contribution in [2.24, 2.45) is 5.92 Å². The van der Waals surface area contributed by atoms with E-state index in [1.54, 1.807) is 6.92 Å². The fraction of sp³-hybridized carbons (Fsp3) is 0.385. The number of hydrogen-bond acceptors (Lipinski definition) is 5. The molecular formula is C13H16N2O6. The zero-order valence-electron chi connectivity index (χ0n) is 11.6. The van der Waals surface area contributed by atoms with Gasteiger partial charge < -0.3 is 15.2 Å². The quantitative estimate of drug-likeness (QED) is 0.576. The van der Waals surface area contributed by atoms with Gasteiger partial charge in [-0.2, -0.15) is 0 Å². The van der Waals surface area contributed by atoms with Crippen LogP contribution >= 0.6 is 0 Å². The first-order valence-corrected chi connectivity index (χ1v) is 6.20. The molecule has 8 heteroatoms. The maximum Gasteiger partial charge on any atom is 0.308 e. The fourth-order valence-electron chi connectivity index (χ4n) is 1.45. The van der Waals surface area contributed by atoms with Gasteiger partial charge >= 0.3 is 5.97 Å². The van der Waals surface area contributed by atoms with E-state index in [9.17, 15) is 19.7 Å². The van der Waals surface area contributed by atoms with Gasteiger partial charge in [0.25, 0.3) is 11.6 Å². The van der Waals surface area contributed by atoms with Crippen LogP contribution in [0.5, 0.6) is 5.75 Å². The zero-order valence-corrected chi connectivity index (χ0v) is 11.6. The molecule has 1 aromatic rings. The van der Waals surface area contributed by atoms with Crippen LogP contribution in [0.15, 0.2) is 24.3 Å². The Hall–Kier alpha value is -2.64. The van der Waals surface area contributed by atoms with E-state index in [0.717, 1.165) is 0 Å². The molecule has 1 rings (SSSR count). The Morgan fingerprint density at radius 1 is 1.33 bits per heavy atom. The summed E-state index contributed by atoms with van der Waals surface area (Å²) in [5.41, 5.74) is -0.0734. The third-order valence-electron chi connectivity index (χ3n) is 2.95. The number of amides is 1. The van der Waals surface area contributed by atoms with Crippen molar-refractivity contribution in [2.45, 2.75) is 19.9 Å². The average Bonchev–Trinajstić information content (AvgIpc) is 2.44. The molecule has 0 bridgehead atoms. The number of carboxylic acid groups (broad SMARTS) is 1. The molecule has 114 valence electrons. The van der Waals surface area contributed by atoms with Crippen LogP contribution in [-0.4, -0.2) is 34.6 Å². The molecule has 1 amide bonds. The lowest BCUT2D eigenvalue weighted by atomic mass is 10.0. The molecule has 8 nitrogen and oxygen atoms in total. The van der Waals surface area contributed by atoms with Gasteiger partial charge in [0.1, 0.15) is 5.75 Å². The first-order chi connectivity index (χ1) is 9.81. The van der Waals surface area contributed by atoms with E-state index in [1.807, 2.05) is 0 Å². The minimum atomic E-state index is -1.00. The maximum absolute atomic E-state index is 11.6. The van der Waals surface area contributed by atoms with Crippen LogP contribution in [-0.2, 0) is 9.59 Å². The summed E-state index contributed by atoms with van der Waals surface area (Å²) in [6, 6.07) is 4.77. The highest BCUT2D eigenvalue weighted by molar-refractivity contribution is 5.79. The number of ether oxygens (including phenoxy) is 1. The van der Waals surface area contributed by atoms with Crippen molar-refractivity contribution in [1.82, 2.24) is 5.32 Å². The van der Waals surface area contributed by atoms with Crippen molar-refractivity contribution < 1.29 is 24.4 Å². The van der Waals surface area contributed by atoms with Crippen LogP contribution in [0.2, 0.25) is 0 Å². The lowest BCUT2D eigenvalue weighted by Gasteiger charge is -2.17. The summed E-state index contributed by atoms with van der Waals surface area (Å²) < 4.78 is 5.16. The van der Waals surface area contributed by atoms with Crippen molar-refractivity contribution >= 4 is 17.6 Å². The Morgan fingerprint density at radius 3 is 2.38 bits per heavy atom. The molecule has 0 spiro atoms. The van der Waals surface area contributed by atoms with Crippen LogP contribution in [0.1, 0.15) is 13.8 Å². The largest absolute Gasteiger partial charge is 0.484 e. The predicted molar refractivity (Wildman–Crippen MR) is 73.0 cm³/mol. The second kappa shape index (κ2) is 7.22. The number of rotatable bonds is 7. The van der Waals surface area contributed by atoms with Crippen LogP contribution in [0.4, 0.5) is 5.69 Å². The standard InChI is InChI=1S/C13H16N2O6/c1-8(13(17)18)9(2)14-12(16)7-21-11-5-3-10(4-6-11)15(19)20/h3-6,8-9H,7H2,1-2H3,(H,14,16)(H,17,18). The normalized spacial score (nSPS) is 13.0. The monoisotopic (exact) mass is 296 g/mol. The number of nitro groups is 1. The van der Waals surface area contributed by atoms with Gasteiger partial charge in [0.05, 0.1) is 10.8 Å². The van der Waals surface area contributed by atoms with Crippen molar-refractivity contribution in [3.8, 4) is 5.75 Å². The van der Waals surface area contributed by atoms with Crippen LogP contribution < -0.4 is 10.1 Å². The molecule has 0 aromatic heterocycles. The summed E-state index contributed by atoms with van der Waals surface area (Å²) in [6.45, 7) is 2.78. The molecular weight excluding hydrogens is 280 g/mol. The van der Waals surface area contributed by atoms with E-state index in [4.69, 9.17) is 9.84 Å². The van der Waals surface area contributed by atoms with E-state index in [0.29, 0.717) is 5.75 Å². The third-order valence-corrected chi connectivity index (χ3v) is 2.95. The molecule has 21 heavy (non-hydrogen) atoms. The van der Waals surface area contributed by atoms with E-state index in [1.165, 1.54) is 31.2 Å². The van der Waals surface area contributed by atoms with Crippen LogP contribution in [0.3, 0.4) is 0 Å². The summed E-state index contributed by atoms with van der Waals surface area (Å²) in [7, 11) is 0. The number of carbonyl (C=O) groups excluding carboxylic acids is 1. The number of nitrogens with zero attached hydrogens (tertiary/aromatic N) is 1. The van der Waals surface area contributed by atoms with Crippen molar-refractivity contribution in [1.29, 1.82) is 0 Å². The van der Waals surface area contributed by atoms with E-state index in [2.05, 4.69) is 5.32 Å². The minimum Gasteiger partial charge on any atom is -0.484 e. The van der Waals surface area contributed by atoms with Gasteiger partial charge in [0, 0.05) is 18.2 Å². The SMILES string of the molecule is CC(NC(=O)COc1ccc([N+](=O)[O-])cc1)C(C)C(=O)O. The Balaban J connectivity index is 2.46. The maximum atomic E-state index is 11.6. The van der Waals surface area contributed by atoms with Crippen molar-refractivity contribution in [3.63, 3.8) is 0 Å². The van der Waals surface area contributed by atoms with Gasteiger partial charge in [0.15, 0.2) is 6.61 Å². The minimum absolute atomic E-state index is 0.0734. The van der Waals surface area contributed by atoms with Crippen LogP contribution in [0.25, 0.3) is 0 Å². The number of aliphatic carboxylic acids is 1. The molecule has 0 aliphatic carbocycles. The molecule has 2 atom stereocenters. The average molecular weight is 296 g/mol. The third kappa shape index (κ3) is 5.09. The van der Waals surface area contributed by atoms with E-state index < -0.39 is 28.8 Å². The molecule has 1 aromatic carbocycles. The lowest BCUT2D eigenvalue weighted by Crippen LogP contribution is -2.42. The Kier molecular flexibility index (Phi) is 5.65. The molecule has 0 saturated carbocycles. The Morgan fingerprint density at radius 2 is 1.90 bits per heavy atom. The topological polar surface area (TPSA) is 119 Å². The van der Waals surface area contributed by atoms with Crippen molar-refractivity contribution in [2.75, 3.05) is 6.61 Å². The highest BCUT2D eigenvalue weighted by Crippen LogP contribution is 2.17. The number of benzene rings is 1. The second-order valence-corrected chi connectivity index (χ2v) is 4.52. The second-order valence-electron chi connectivity index (χ2n) is 4.52. The first kappa shape index (κ1) is 16.4. The lowest BCUT2D eigenvalue weighted by molar-refractivity contribution is -0.384. The van der Waals surface area contributed by atoms with Gasteiger partial charge in [0.2, 0.25) is 0 Å². The number of nitrogens with one attached hydrogen (secondary N) is 1. The predicted octanol–water partition coefficient (Wildman–Crippen LogP) is 1.20. The van der Waals surface area contributed by atoms with E-state index >= 15 is 0 Å². The number of non-ortho nitro benzene ring substituents is 1. The zero-order chi connectivity index (χ0) is 16.0. The molecule has 2 N–H and O–H groups in total. The molecule has 0 fully saturated rings. The smallest absolute Gasteiger partial charge is 0.308 e. The summed E-state index contributed by atoms with van der Waals surface area (Å²) in [5, 5.41) is 21.8. The van der Waals surface area contributed by atoms with Gasteiger partial charge in [-0.05, 0) is 26.0 Å². The van der Waals surface area contributed by atoms with E-state index in [-0.39, 0.29) is 12.3 Å². The summed E-state index contributed by atoms with van der Waals surface area (Å²) in [4.78, 5) is 32.3. The molecule has 0 radical (unpaired) electrons. The Bertz CT molecular complexity index is 528. The van der Waals surface area contributed by atoms with Gasteiger partial charge in [-0.1, -0.05) is 0 Å². The molecule has 0 heterocycles. The van der Waals surface area contributed by atoms with Crippen LogP contribution in [0, 0.1) is 16.0 Å². The number of carboxylic acids is 1. The highest BCUT2D eigenvalue weighted by Gasteiger charge is 2.21. The number of carbonyl (C=O) groups is 2. The number of nitro benzene ring substituents is 1. The summed E-state index contributed by atoms with van der Waals surface area (Å²) >= 11 is 0. The molecule has 0 saturated heterocycles. The van der Waals surface area contributed by atoms with Gasteiger partial charge in [-0.15, -0.1) is 0 Å². The van der Waals surface area contributed by atoms with Gasteiger partial charge in [-0.25, -0.2) is 0 Å². The summed E-state index contributed by atoms with van der Waals surface area (Å²) in [5.74, 6) is -1.86. The highest BCUT2D eigenvalue weighted by atomic mass is 16.6. The molecule has 0 aliphatic heterocycles. The van der Waals surface area contributed by atoms with Gasteiger partial charge in [-0.3, -0.25) is 19.7 Å². The molecule has 2 unspecified atom stereocenters. The first-order valence-electron chi connectivity index (χ1n) is 6.20. The van der Waals surface area contributed by atoms with Crippen molar-refractivity contribution in [3.05, 3.63) is 34.4 Å². The fourth-order valence-corrected chi connectivity index (χ4v) is 1.45. The summed E-state index contributed by atoms with van der Waals surface area (Å²) in [6.07, 6.45) is 0. The number of hydrogen-bond donors (Lipinski definition) is 2. The molecule has 0 aliphatic rings.